The van der Waals surface area contributed by atoms with E-state index in [1.165, 1.54) is 5.38 Å². The molecule has 0 atom stereocenters. The lowest BCUT2D eigenvalue weighted by atomic mass is 10.1. The van der Waals surface area contributed by atoms with Crippen molar-refractivity contribution in [3.63, 3.8) is 0 Å². The molecule has 0 saturated heterocycles. The number of aryl methyl sites for hydroxylation is 1. The Hall–Kier alpha value is -1.04. The van der Waals surface area contributed by atoms with Crippen molar-refractivity contribution in [1.82, 2.24) is 0 Å². The summed E-state index contributed by atoms with van der Waals surface area (Å²) in [6, 6.07) is 0. The highest BCUT2D eigenvalue weighted by molar-refractivity contribution is 7.08. The van der Waals surface area contributed by atoms with Gasteiger partial charge in [0.2, 0.25) is 0 Å². The maximum absolute atomic E-state index is 12.3. The van der Waals surface area contributed by atoms with E-state index in [-0.39, 0.29) is 18.4 Å². The Labute approximate surface area is 82.0 Å². The van der Waals surface area contributed by atoms with Gasteiger partial charge in [0.1, 0.15) is 0 Å². The second-order valence-electron chi connectivity index (χ2n) is 2.70. The average Bonchev–Trinajstić information content (AvgIpc) is 2.46. The summed E-state index contributed by atoms with van der Waals surface area (Å²) in [6.45, 7) is 0. The van der Waals surface area contributed by atoms with Crippen LogP contribution in [0.1, 0.15) is 17.5 Å². The average molecular weight is 224 g/mol. The first-order valence-electron chi connectivity index (χ1n) is 3.75. The highest BCUT2D eigenvalue weighted by Gasteiger charge is 2.33. The van der Waals surface area contributed by atoms with Crippen LogP contribution in [0.5, 0.6) is 0 Å². The van der Waals surface area contributed by atoms with Crippen molar-refractivity contribution in [2.24, 2.45) is 0 Å². The fourth-order valence-corrected chi connectivity index (χ4v) is 1.91. The first kappa shape index (κ1) is 11.0. The Morgan fingerprint density at radius 2 is 2.07 bits per heavy atom. The van der Waals surface area contributed by atoms with Crippen molar-refractivity contribution in [1.29, 1.82) is 0 Å². The number of aliphatic carboxylic acids is 1. The smallest absolute Gasteiger partial charge is 0.417 e. The maximum atomic E-state index is 12.3. The van der Waals surface area contributed by atoms with E-state index in [2.05, 4.69) is 0 Å². The third-order valence-corrected chi connectivity index (χ3v) is 2.45. The number of carbonyl (C=O) groups is 1. The Balaban J connectivity index is 2.78. The largest absolute Gasteiger partial charge is 0.481 e. The summed E-state index contributed by atoms with van der Waals surface area (Å²) in [6.07, 6.45) is -4.73. The maximum Gasteiger partial charge on any atom is 0.417 e. The Morgan fingerprint density at radius 1 is 1.43 bits per heavy atom. The van der Waals surface area contributed by atoms with Crippen LogP contribution in [0.3, 0.4) is 0 Å². The standard InChI is InChI=1S/C8H7F3O2S/c9-8(10,11)6-4-14-3-5(6)1-2-7(12)13/h3-4H,1-2H2,(H,12,13). The molecule has 1 rings (SSSR count). The van der Waals surface area contributed by atoms with E-state index in [1.807, 2.05) is 0 Å². The van der Waals surface area contributed by atoms with Gasteiger partial charge in [-0.15, -0.1) is 0 Å². The van der Waals surface area contributed by atoms with Crippen molar-refractivity contribution in [3.05, 3.63) is 21.9 Å². The van der Waals surface area contributed by atoms with Gasteiger partial charge in [0.25, 0.3) is 0 Å². The van der Waals surface area contributed by atoms with Gasteiger partial charge in [-0.25, -0.2) is 0 Å². The Kier molecular flexibility index (Phi) is 3.15. The van der Waals surface area contributed by atoms with Crippen LogP contribution >= 0.6 is 11.3 Å². The van der Waals surface area contributed by atoms with Gasteiger partial charge in [0.05, 0.1) is 5.56 Å². The molecule has 14 heavy (non-hydrogen) atoms. The van der Waals surface area contributed by atoms with Crippen LogP contribution in [0, 0.1) is 0 Å². The molecule has 0 aromatic carbocycles. The predicted molar refractivity (Wildman–Crippen MR) is 45.3 cm³/mol. The van der Waals surface area contributed by atoms with Gasteiger partial charge < -0.3 is 5.11 Å². The summed E-state index contributed by atoms with van der Waals surface area (Å²) in [5.74, 6) is -1.09. The molecule has 0 aliphatic rings. The first-order valence-corrected chi connectivity index (χ1v) is 4.69. The fourth-order valence-electron chi connectivity index (χ4n) is 1.01. The highest BCUT2D eigenvalue weighted by atomic mass is 32.1. The van der Waals surface area contributed by atoms with Crippen LogP contribution in [-0.4, -0.2) is 11.1 Å². The fraction of sp³-hybridized carbons (Fsp3) is 0.375. The molecule has 0 aliphatic carbocycles. The number of carboxylic acid groups (broad SMARTS) is 1. The second kappa shape index (κ2) is 4.00. The first-order chi connectivity index (χ1) is 6.41. The summed E-state index contributed by atoms with van der Waals surface area (Å²) < 4.78 is 36.8. The van der Waals surface area contributed by atoms with Gasteiger partial charge >= 0.3 is 12.1 Å². The molecule has 2 nitrogen and oxygen atoms in total. The lowest BCUT2D eigenvalue weighted by molar-refractivity contribution is -0.139. The minimum absolute atomic E-state index is 0.0601. The van der Waals surface area contributed by atoms with Crippen molar-refractivity contribution in [2.75, 3.05) is 0 Å². The van der Waals surface area contributed by atoms with Gasteiger partial charge in [-0.3, -0.25) is 4.79 Å². The number of halogens is 3. The zero-order valence-electron chi connectivity index (χ0n) is 6.97. The van der Waals surface area contributed by atoms with E-state index in [0.29, 0.717) is 0 Å². The SMILES string of the molecule is O=C(O)CCc1cscc1C(F)(F)F. The van der Waals surface area contributed by atoms with Crippen LogP contribution in [0.4, 0.5) is 13.2 Å². The van der Waals surface area contributed by atoms with E-state index in [0.717, 1.165) is 16.7 Å². The third kappa shape index (κ3) is 2.73. The number of thiophene rings is 1. The molecule has 0 fully saturated rings. The molecule has 0 amide bonds. The molecule has 1 aromatic rings. The molecule has 0 unspecified atom stereocenters. The van der Waals surface area contributed by atoms with Crippen LogP contribution in [-0.2, 0) is 17.4 Å². The van der Waals surface area contributed by atoms with Crippen LogP contribution in [0.2, 0.25) is 0 Å². The van der Waals surface area contributed by atoms with Crippen LogP contribution in [0.15, 0.2) is 10.8 Å². The summed E-state index contributed by atoms with van der Waals surface area (Å²) in [5, 5.41) is 10.7. The number of hydrogen-bond acceptors (Lipinski definition) is 2. The normalized spacial score (nSPS) is 11.6. The Bertz CT molecular complexity index is 330. The van der Waals surface area contributed by atoms with Crippen LogP contribution < -0.4 is 0 Å². The van der Waals surface area contributed by atoms with Crippen LogP contribution in [0.25, 0.3) is 0 Å². The van der Waals surface area contributed by atoms with Crippen molar-refractivity contribution in [2.45, 2.75) is 19.0 Å². The zero-order valence-corrected chi connectivity index (χ0v) is 7.78. The lowest BCUT2D eigenvalue weighted by Gasteiger charge is -2.06. The summed E-state index contributed by atoms with van der Waals surface area (Å²) >= 11 is 0.932. The van der Waals surface area contributed by atoms with Gasteiger partial charge in [0.15, 0.2) is 0 Å². The predicted octanol–water partition coefficient (Wildman–Crippen LogP) is 2.78. The van der Waals surface area contributed by atoms with Gasteiger partial charge in [-0.1, -0.05) is 0 Å². The van der Waals surface area contributed by atoms with E-state index in [1.54, 1.807) is 0 Å². The molecule has 78 valence electrons. The molecule has 0 saturated carbocycles. The van der Waals surface area contributed by atoms with Crippen molar-refractivity contribution >= 4 is 17.3 Å². The molecule has 0 bridgehead atoms. The third-order valence-electron chi connectivity index (χ3n) is 1.66. The molecule has 6 heteroatoms. The molecule has 1 aromatic heterocycles. The number of carboxylic acids is 1. The van der Waals surface area contributed by atoms with Crippen molar-refractivity contribution in [3.8, 4) is 0 Å². The van der Waals surface area contributed by atoms with Crippen molar-refractivity contribution < 1.29 is 23.1 Å². The summed E-state index contributed by atoms with van der Waals surface area (Å²) in [7, 11) is 0. The molecule has 0 spiro atoms. The number of hydrogen-bond donors (Lipinski definition) is 1. The molecular weight excluding hydrogens is 217 g/mol. The lowest BCUT2D eigenvalue weighted by Crippen LogP contribution is -2.07. The van der Waals surface area contributed by atoms with Gasteiger partial charge in [0, 0.05) is 11.8 Å². The quantitative estimate of drug-likeness (QED) is 0.857. The van der Waals surface area contributed by atoms with Gasteiger partial charge in [-0.05, 0) is 17.4 Å². The molecule has 0 radical (unpaired) electrons. The highest BCUT2D eigenvalue weighted by Crippen LogP contribution is 2.34. The van der Waals surface area contributed by atoms with E-state index >= 15 is 0 Å². The molecule has 1 heterocycles. The Morgan fingerprint density at radius 3 is 2.57 bits per heavy atom. The van der Waals surface area contributed by atoms with Gasteiger partial charge in [-0.2, -0.15) is 24.5 Å². The zero-order chi connectivity index (χ0) is 10.8. The van der Waals surface area contributed by atoms with E-state index < -0.39 is 17.7 Å². The second-order valence-corrected chi connectivity index (χ2v) is 3.45. The number of alkyl halides is 3. The minimum atomic E-state index is -4.38. The summed E-state index contributed by atoms with van der Waals surface area (Å²) in [4.78, 5) is 10.2. The molecular formula is C8H7F3O2S. The van der Waals surface area contributed by atoms with E-state index in [4.69, 9.17) is 5.11 Å². The van der Waals surface area contributed by atoms with E-state index in [9.17, 15) is 18.0 Å². The monoisotopic (exact) mass is 224 g/mol. The molecule has 1 N–H and O–H groups in total. The minimum Gasteiger partial charge on any atom is -0.481 e. The summed E-state index contributed by atoms with van der Waals surface area (Å²) in [5.41, 5.74) is -0.659. The number of rotatable bonds is 3. The molecule has 0 aliphatic heterocycles. The topological polar surface area (TPSA) is 37.3 Å².